The molecule has 1 fully saturated rings. The lowest BCUT2D eigenvalue weighted by atomic mass is 10.0. The number of carbonyl (C=O) groups is 2. The standard InChI is InChI=1S/C9H8O4.C8H8BrNO2S/c1-5-6(8(10)11)3-2-4-7(5)9(12)13;9-7-1-3-8(4-2-7)13(11,12)10-5-6-10/h2-4H,1H3,(H,10,11)(H,12,13);1-4H,5-6H2. The Labute approximate surface area is 159 Å². The van der Waals surface area contributed by atoms with Gasteiger partial charge in [0, 0.05) is 17.6 Å². The van der Waals surface area contributed by atoms with Crippen LogP contribution in [0.2, 0.25) is 0 Å². The molecule has 0 unspecified atom stereocenters. The molecule has 0 spiro atoms. The van der Waals surface area contributed by atoms with Crippen molar-refractivity contribution in [3.05, 3.63) is 63.6 Å². The first-order valence-electron chi connectivity index (χ1n) is 7.46. The maximum absolute atomic E-state index is 11.6. The van der Waals surface area contributed by atoms with Crippen LogP contribution in [0.5, 0.6) is 0 Å². The first-order valence-corrected chi connectivity index (χ1v) is 9.70. The van der Waals surface area contributed by atoms with E-state index in [1.54, 1.807) is 24.3 Å². The fourth-order valence-corrected chi connectivity index (χ4v) is 3.74. The van der Waals surface area contributed by atoms with Gasteiger partial charge in [0.25, 0.3) is 0 Å². The molecule has 138 valence electrons. The molecule has 1 heterocycles. The van der Waals surface area contributed by atoms with Crippen LogP contribution < -0.4 is 0 Å². The highest BCUT2D eigenvalue weighted by atomic mass is 79.9. The number of hydrogen-bond donors (Lipinski definition) is 2. The monoisotopic (exact) mass is 441 g/mol. The van der Waals surface area contributed by atoms with E-state index >= 15 is 0 Å². The van der Waals surface area contributed by atoms with Crippen LogP contribution in [0.4, 0.5) is 0 Å². The van der Waals surface area contributed by atoms with Gasteiger partial charge in [0.2, 0.25) is 10.0 Å². The molecule has 0 aromatic heterocycles. The molecule has 0 saturated carbocycles. The van der Waals surface area contributed by atoms with E-state index in [1.807, 2.05) is 0 Å². The van der Waals surface area contributed by atoms with Crippen LogP contribution in [0.25, 0.3) is 0 Å². The molecule has 0 aliphatic carbocycles. The van der Waals surface area contributed by atoms with Crippen LogP contribution in [-0.2, 0) is 10.0 Å². The largest absolute Gasteiger partial charge is 0.478 e. The molecule has 1 aliphatic rings. The molecule has 0 radical (unpaired) electrons. The molecule has 2 N–H and O–H groups in total. The Morgan fingerprint density at radius 1 is 0.962 bits per heavy atom. The van der Waals surface area contributed by atoms with E-state index in [-0.39, 0.29) is 16.7 Å². The summed E-state index contributed by atoms with van der Waals surface area (Å²) in [4.78, 5) is 21.6. The van der Waals surface area contributed by atoms with Crippen LogP contribution in [-0.4, -0.2) is 48.0 Å². The summed E-state index contributed by atoms with van der Waals surface area (Å²) in [5.41, 5.74) is 0.335. The number of nitrogens with zero attached hydrogens (tertiary/aromatic N) is 1. The average molecular weight is 442 g/mol. The van der Waals surface area contributed by atoms with Crippen molar-refractivity contribution in [3.63, 3.8) is 0 Å². The number of aromatic carboxylic acids is 2. The van der Waals surface area contributed by atoms with Gasteiger partial charge >= 0.3 is 11.9 Å². The van der Waals surface area contributed by atoms with Gasteiger partial charge in [-0.25, -0.2) is 18.0 Å². The Kier molecular flexibility index (Phi) is 6.17. The minimum absolute atomic E-state index is 0.0277. The quantitative estimate of drug-likeness (QED) is 0.705. The topological polar surface area (TPSA) is 112 Å². The van der Waals surface area contributed by atoms with E-state index in [0.29, 0.717) is 18.0 Å². The predicted molar refractivity (Wildman–Crippen MR) is 98.0 cm³/mol. The van der Waals surface area contributed by atoms with Crippen molar-refractivity contribution in [2.75, 3.05) is 13.1 Å². The number of carboxylic acid groups (broad SMARTS) is 2. The highest BCUT2D eigenvalue weighted by Crippen LogP contribution is 2.22. The maximum Gasteiger partial charge on any atom is 0.335 e. The van der Waals surface area contributed by atoms with Gasteiger partial charge in [-0.2, -0.15) is 4.31 Å². The molecule has 2 aromatic carbocycles. The molecule has 7 nitrogen and oxygen atoms in total. The molecular formula is C17H16BrNO6S. The van der Waals surface area contributed by atoms with E-state index in [4.69, 9.17) is 10.2 Å². The zero-order valence-electron chi connectivity index (χ0n) is 13.7. The molecule has 3 rings (SSSR count). The lowest BCUT2D eigenvalue weighted by Crippen LogP contribution is -2.11. The summed E-state index contributed by atoms with van der Waals surface area (Å²) >= 11 is 3.26. The van der Waals surface area contributed by atoms with Crippen molar-refractivity contribution in [3.8, 4) is 0 Å². The van der Waals surface area contributed by atoms with Gasteiger partial charge in [0.1, 0.15) is 0 Å². The third kappa shape index (κ3) is 4.69. The number of benzene rings is 2. The van der Waals surface area contributed by atoms with Gasteiger partial charge in [0.15, 0.2) is 0 Å². The van der Waals surface area contributed by atoms with Crippen LogP contribution in [0, 0.1) is 6.92 Å². The summed E-state index contributed by atoms with van der Waals surface area (Å²) in [5.74, 6) is -2.22. The summed E-state index contributed by atoms with van der Waals surface area (Å²) in [7, 11) is -3.17. The van der Waals surface area contributed by atoms with Crippen LogP contribution in [0.1, 0.15) is 26.3 Å². The third-order valence-electron chi connectivity index (χ3n) is 3.65. The van der Waals surface area contributed by atoms with Gasteiger partial charge in [-0.15, -0.1) is 0 Å². The van der Waals surface area contributed by atoms with E-state index in [9.17, 15) is 18.0 Å². The maximum atomic E-state index is 11.6. The first kappa shape index (κ1) is 20.1. The zero-order valence-corrected chi connectivity index (χ0v) is 16.1. The van der Waals surface area contributed by atoms with Crippen molar-refractivity contribution in [2.24, 2.45) is 0 Å². The first-order chi connectivity index (χ1) is 12.1. The van der Waals surface area contributed by atoms with Crippen molar-refractivity contribution >= 4 is 37.9 Å². The molecule has 0 amide bonds. The molecule has 9 heteroatoms. The summed E-state index contributed by atoms with van der Waals surface area (Å²) in [6, 6.07) is 10.9. The Bertz CT molecular complexity index is 904. The summed E-state index contributed by atoms with van der Waals surface area (Å²) in [6.45, 7) is 2.78. The Hall–Kier alpha value is -2.23. The number of rotatable bonds is 4. The second kappa shape index (κ2) is 7.98. The average Bonchev–Trinajstić information content (AvgIpc) is 3.41. The molecule has 1 aliphatic heterocycles. The van der Waals surface area contributed by atoms with Gasteiger partial charge in [-0.05, 0) is 48.9 Å². The number of carboxylic acids is 2. The molecular weight excluding hydrogens is 426 g/mol. The Morgan fingerprint density at radius 2 is 1.42 bits per heavy atom. The molecule has 2 aromatic rings. The molecule has 0 bridgehead atoms. The fraction of sp³-hybridized carbons (Fsp3) is 0.176. The van der Waals surface area contributed by atoms with Gasteiger partial charge < -0.3 is 10.2 Å². The normalized spacial score (nSPS) is 13.5. The van der Waals surface area contributed by atoms with Crippen molar-refractivity contribution in [1.82, 2.24) is 4.31 Å². The van der Waals surface area contributed by atoms with Crippen LogP contribution >= 0.6 is 15.9 Å². The van der Waals surface area contributed by atoms with Gasteiger partial charge in [-0.3, -0.25) is 0 Å². The zero-order chi connectivity index (χ0) is 19.5. The van der Waals surface area contributed by atoms with Crippen molar-refractivity contribution < 1.29 is 28.2 Å². The second-order valence-corrected chi connectivity index (χ2v) is 8.30. The van der Waals surface area contributed by atoms with Crippen LogP contribution in [0.3, 0.4) is 0 Å². The number of hydrogen-bond acceptors (Lipinski definition) is 4. The van der Waals surface area contributed by atoms with E-state index in [2.05, 4.69) is 15.9 Å². The van der Waals surface area contributed by atoms with Crippen LogP contribution in [0.15, 0.2) is 51.8 Å². The second-order valence-electron chi connectivity index (χ2n) is 5.45. The third-order valence-corrected chi connectivity index (χ3v) is 6.09. The predicted octanol–water partition coefficient (Wildman–Crippen LogP) is 2.84. The lowest BCUT2D eigenvalue weighted by molar-refractivity contribution is 0.0696. The van der Waals surface area contributed by atoms with E-state index in [0.717, 1.165) is 4.47 Å². The summed E-state index contributed by atoms with van der Waals surface area (Å²) in [6.07, 6.45) is 0. The lowest BCUT2D eigenvalue weighted by Gasteiger charge is -2.03. The molecule has 1 saturated heterocycles. The van der Waals surface area contributed by atoms with Crippen molar-refractivity contribution in [2.45, 2.75) is 11.8 Å². The molecule has 26 heavy (non-hydrogen) atoms. The number of halogens is 1. The Balaban J connectivity index is 0.000000187. The summed E-state index contributed by atoms with van der Waals surface area (Å²) < 4.78 is 25.6. The minimum Gasteiger partial charge on any atom is -0.478 e. The fourth-order valence-electron chi connectivity index (χ4n) is 2.14. The van der Waals surface area contributed by atoms with Crippen molar-refractivity contribution in [1.29, 1.82) is 0 Å². The van der Waals surface area contributed by atoms with Gasteiger partial charge in [-0.1, -0.05) is 22.0 Å². The van der Waals surface area contributed by atoms with E-state index in [1.165, 1.54) is 29.4 Å². The molecule has 0 atom stereocenters. The highest BCUT2D eigenvalue weighted by molar-refractivity contribution is 9.10. The minimum atomic E-state index is -3.17. The Morgan fingerprint density at radius 3 is 1.81 bits per heavy atom. The van der Waals surface area contributed by atoms with E-state index < -0.39 is 22.0 Å². The van der Waals surface area contributed by atoms with Gasteiger partial charge in [0.05, 0.1) is 16.0 Å². The smallest absolute Gasteiger partial charge is 0.335 e. The summed E-state index contributed by atoms with van der Waals surface area (Å²) in [5, 5.41) is 17.4. The highest BCUT2D eigenvalue weighted by Gasteiger charge is 2.32. The number of sulfonamides is 1. The SMILES string of the molecule is Cc1c(C(=O)O)cccc1C(=O)O.O=S(=O)(c1ccc(Br)cc1)N1CC1.